The number of piperazine rings is 1. The molecule has 0 spiro atoms. The topological polar surface area (TPSA) is 98.8 Å². The molecule has 0 atom stereocenters. The van der Waals surface area contributed by atoms with Gasteiger partial charge >= 0.3 is 6.03 Å². The molecule has 2 N–H and O–H groups in total. The highest BCUT2D eigenvalue weighted by atomic mass is 32.2. The highest BCUT2D eigenvalue weighted by Gasteiger charge is 2.31. The van der Waals surface area contributed by atoms with Gasteiger partial charge in [0, 0.05) is 32.7 Å². The zero-order valence-corrected chi connectivity index (χ0v) is 17.4. The number of imide groups is 1. The molecule has 1 aliphatic rings. The van der Waals surface area contributed by atoms with E-state index in [0.717, 1.165) is 22.0 Å². The number of halogens is 2. The van der Waals surface area contributed by atoms with Gasteiger partial charge in [0.05, 0.1) is 6.54 Å². The molecule has 1 saturated heterocycles. The van der Waals surface area contributed by atoms with Gasteiger partial charge < -0.3 is 5.32 Å². The van der Waals surface area contributed by atoms with Crippen molar-refractivity contribution >= 4 is 22.0 Å². The molecule has 31 heavy (non-hydrogen) atoms. The third-order valence-corrected chi connectivity index (χ3v) is 6.67. The molecule has 1 aliphatic heterocycles. The Kier molecular flexibility index (Phi) is 7.31. The Morgan fingerprint density at radius 2 is 1.65 bits per heavy atom. The lowest BCUT2D eigenvalue weighted by atomic mass is 10.2. The van der Waals surface area contributed by atoms with Gasteiger partial charge in [-0.3, -0.25) is 15.0 Å². The van der Waals surface area contributed by atoms with Crippen molar-refractivity contribution in [3.8, 4) is 0 Å². The summed E-state index contributed by atoms with van der Waals surface area (Å²) in [7, 11) is -4.19. The maximum atomic E-state index is 13.9. The molecule has 0 aliphatic carbocycles. The Morgan fingerprint density at radius 3 is 2.32 bits per heavy atom. The molecule has 3 amide bonds. The van der Waals surface area contributed by atoms with Gasteiger partial charge in [-0.1, -0.05) is 30.3 Å². The van der Waals surface area contributed by atoms with Crippen molar-refractivity contribution in [1.29, 1.82) is 0 Å². The molecule has 3 rings (SSSR count). The Morgan fingerprint density at radius 1 is 0.968 bits per heavy atom. The number of urea groups is 1. The molecule has 0 bridgehead atoms. The highest BCUT2D eigenvalue weighted by Crippen LogP contribution is 2.21. The van der Waals surface area contributed by atoms with E-state index in [4.69, 9.17) is 0 Å². The number of benzene rings is 2. The summed E-state index contributed by atoms with van der Waals surface area (Å²) in [5, 5.41) is 4.80. The summed E-state index contributed by atoms with van der Waals surface area (Å²) in [6.45, 7) is 0.593. The summed E-state index contributed by atoms with van der Waals surface area (Å²) in [5.41, 5.74) is 0.886. The van der Waals surface area contributed by atoms with Crippen LogP contribution in [0.3, 0.4) is 0 Å². The normalized spacial score (nSPS) is 15.4. The van der Waals surface area contributed by atoms with E-state index in [1.54, 1.807) is 4.90 Å². The van der Waals surface area contributed by atoms with E-state index in [-0.39, 0.29) is 39.3 Å². The average molecular weight is 452 g/mol. The van der Waals surface area contributed by atoms with Gasteiger partial charge in [-0.25, -0.2) is 22.0 Å². The minimum absolute atomic E-state index is 0.00572. The molecule has 11 heteroatoms. The van der Waals surface area contributed by atoms with Gasteiger partial charge in [0.2, 0.25) is 15.9 Å². The molecule has 166 valence electrons. The van der Waals surface area contributed by atoms with Gasteiger partial charge in [-0.05, 0) is 23.8 Å². The van der Waals surface area contributed by atoms with Crippen molar-refractivity contribution < 1.29 is 26.8 Å². The third-order valence-electron chi connectivity index (χ3n) is 4.76. The Bertz CT molecular complexity index is 1040. The monoisotopic (exact) mass is 452 g/mol. The van der Waals surface area contributed by atoms with E-state index in [1.165, 1.54) is 0 Å². The summed E-state index contributed by atoms with van der Waals surface area (Å²) in [6.07, 6.45) is 0. The molecular weight excluding hydrogens is 430 g/mol. The lowest BCUT2D eigenvalue weighted by Gasteiger charge is -2.33. The summed E-state index contributed by atoms with van der Waals surface area (Å²) in [5.74, 6) is -2.40. The fourth-order valence-corrected chi connectivity index (χ4v) is 4.63. The predicted molar refractivity (Wildman–Crippen MR) is 108 cm³/mol. The Hall–Kier alpha value is -2.89. The van der Waals surface area contributed by atoms with Crippen LogP contribution < -0.4 is 10.6 Å². The fourth-order valence-electron chi connectivity index (χ4n) is 3.13. The minimum atomic E-state index is -4.19. The molecule has 0 saturated carbocycles. The summed E-state index contributed by atoms with van der Waals surface area (Å²) in [6, 6.07) is 10.8. The molecule has 8 nitrogen and oxygen atoms in total. The second-order valence-corrected chi connectivity index (χ2v) is 8.88. The van der Waals surface area contributed by atoms with E-state index in [0.29, 0.717) is 6.07 Å². The first-order chi connectivity index (χ1) is 14.8. The fraction of sp³-hybridized carbons (Fsp3) is 0.300. The SMILES string of the molecule is O=C(CN1CCN(S(=O)(=O)c2cc(F)ccc2F)CC1)NC(=O)NCc1ccccc1. The lowest BCUT2D eigenvalue weighted by molar-refractivity contribution is -0.121. The van der Waals surface area contributed by atoms with E-state index < -0.39 is 38.5 Å². The van der Waals surface area contributed by atoms with Crippen molar-refractivity contribution in [2.75, 3.05) is 32.7 Å². The van der Waals surface area contributed by atoms with Gasteiger partial charge in [0.15, 0.2) is 0 Å². The van der Waals surface area contributed by atoms with Crippen molar-refractivity contribution in [3.63, 3.8) is 0 Å². The number of rotatable bonds is 6. The zero-order valence-electron chi connectivity index (χ0n) is 16.6. The van der Waals surface area contributed by atoms with Gasteiger partial charge in [0.25, 0.3) is 0 Å². The highest BCUT2D eigenvalue weighted by molar-refractivity contribution is 7.89. The van der Waals surface area contributed by atoms with Gasteiger partial charge in [-0.2, -0.15) is 4.31 Å². The second kappa shape index (κ2) is 9.94. The van der Waals surface area contributed by atoms with E-state index in [2.05, 4.69) is 10.6 Å². The van der Waals surface area contributed by atoms with Crippen LogP contribution >= 0.6 is 0 Å². The number of nitrogens with zero attached hydrogens (tertiary/aromatic N) is 2. The molecular formula is C20H22F2N4O4S. The predicted octanol–water partition coefficient (Wildman–Crippen LogP) is 1.30. The number of hydrogen-bond acceptors (Lipinski definition) is 5. The second-order valence-electron chi connectivity index (χ2n) is 6.97. The van der Waals surface area contributed by atoms with Crippen LogP contribution in [0.25, 0.3) is 0 Å². The number of hydrogen-bond donors (Lipinski definition) is 2. The van der Waals surface area contributed by atoms with Crippen LogP contribution in [0.2, 0.25) is 0 Å². The van der Waals surface area contributed by atoms with Crippen LogP contribution in [-0.2, 0) is 21.4 Å². The molecule has 0 unspecified atom stereocenters. The third kappa shape index (κ3) is 6.06. The lowest BCUT2D eigenvalue weighted by Crippen LogP contribution is -2.52. The van der Waals surface area contributed by atoms with Crippen LogP contribution in [0.5, 0.6) is 0 Å². The summed E-state index contributed by atoms with van der Waals surface area (Å²) < 4.78 is 53.5. The van der Waals surface area contributed by atoms with Crippen molar-refractivity contribution in [1.82, 2.24) is 19.8 Å². The molecule has 2 aromatic carbocycles. The number of sulfonamides is 1. The van der Waals surface area contributed by atoms with Crippen LogP contribution in [0.1, 0.15) is 5.56 Å². The molecule has 0 aromatic heterocycles. The number of carbonyl (C=O) groups is 2. The first kappa shape index (κ1) is 22.8. The Labute approximate surface area is 178 Å². The quantitative estimate of drug-likeness (QED) is 0.689. The summed E-state index contributed by atoms with van der Waals surface area (Å²) in [4.78, 5) is 24.9. The molecule has 2 aromatic rings. The summed E-state index contributed by atoms with van der Waals surface area (Å²) >= 11 is 0. The van der Waals surface area contributed by atoms with Crippen LogP contribution in [0.15, 0.2) is 53.4 Å². The number of carbonyl (C=O) groups excluding carboxylic acids is 2. The van der Waals surface area contributed by atoms with Gasteiger partial charge in [0.1, 0.15) is 16.5 Å². The average Bonchev–Trinajstić information content (AvgIpc) is 2.75. The zero-order chi connectivity index (χ0) is 22.4. The maximum absolute atomic E-state index is 13.9. The number of nitrogens with one attached hydrogen (secondary N) is 2. The molecule has 1 heterocycles. The van der Waals surface area contributed by atoms with Crippen molar-refractivity contribution in [2.45, 2.75) is 11.4 Å². The van der Waals surface area contributed by atoms with Crippen molar-refractivity contribution in [3.05, 3.63) is 65.7 Å². The van der Waals surface area contributed by atoms with Gasteiger partial charge in [-0.15, -0.1) is 0 Å². The smallest absolute Gasteiger partial charge is 0.321 e. The molecule has 1 fully saturated rings. The minimum Gasteiger partial charge on any atom is -0.334 e. The first-order valence-corrected chi connectivity index (χ1v) is 11.0. The number of amides is 3. The van der Waals surface area contributed by atoms with E-state index >= 15 is 0 Å². The van der Waals surface area contributed by atoms with Crippen molar-refractivity contribution in [2.24, 2.45) is 0 Å². The van der Waals surface area contributed by atoms with Crippen LogP contribution in [0.4, 0.5) is 13.6 Å². The Balaban J connectivity index is 1.46. The maximum Gasteiger partial charge on any atom is 0.321 e. The van der Waals surface area contributed by atoms with E-state index in [1.807, 2.05) is 30.3 Å². The van der Waals surface area contributed by atoms with Crippen LogP contribution in [-0.4, -0.2) is 62.3 Å². The molecule has 0 radical (unpaired) electrons. The largest absolute Gasteiger partial charge is 0.334 e. The van der Waals surface area contributed by atoms with Crippen LogP contribution in [0, 0.1) is 11.6 Å². The standard InChI is InChI=1S/C20H22F2N4O4S/c21-16-6-7-17(22)18(12-16)31(29,30)26-10-8-25(9-11-26)14-19(27)24-20(28)23-13-15-4-2-1-3-5-15/h1-7,12H,8-11,13-14H2,(H2,23,24,27,28). The first-order valence-electron chi connectivity index (χ1n) is 9.55. The van der Waals surface area contributed by atoms with E-state index in [9.17, 15) is 26.8 Å².